The highest BCUT2D eigenvalue weighted by atomic mass is 32.1. The first kappa shape index (κ1) is 17.6. The van der Waals surface area contributed by atoms with Crippen molar-refractivity contribution in [1.82, 2.24) is 10.2 Å². The summed E-state index contributed by atoms with van der Waals surface area (Å²) in [6.07, 6.45) is 0. The van der Waals surface area contributed by atoms with Crippen LogP contribution >= 0.6 is 11.3 Å². The zero-order valence-electron chi connectivity index (χ0n) is 14.4. The fraction of sp³-hybridized carbons (Fsp3) is 0.0556. The number of carbonyl (C=O) groups excluding carboxylic acids is 1. The summed E-state index contributed by atoms with van der Waals surface area (Å²) in [5, 5.41) is 21.8. The summed E-state index contributed by atoms with van der Waals surface area (Å²) in [6.45, 7) is 0. The number of amides is 1. The molecule has 4 rings (SSSR count). The number of anilines is 1. The van der Waals surface area contributed by atoms with Crippen LogP contribution in [-0.4, -0.2) is 28.1 Å². The van der Waals surface area contributed by atoms with Crippen molar-refractivity contribution in [3.05, 3.63) is 63.5 Å². The Hall–Kier alpha value is -3.79. The van der Waals surface area contributed by atoms with Crippen LogP contribution in [0.25, 0.3) is 21.5 Å². The summed E-state index contributed by atoms with van der Waals surface area (Å²) in [7, 11) is 1.55. The number of methoxy groups -OCH3 is 1. The predicted octanol–water partition coefficient (Wildman–Crippen LogP) is 4.12. The third-order valence-electron chi connectivity index (χ3n) is 3.90. The van der Waals surface area contributed by atoms with Crippen LogP contribution in [0.4, 0.5) is 11.7 Å². The number of non-ortho nitro benzene ring substituents is 1. The molecule has 0 aliphatic carbocycles. The minimum atomic E-state index is -0.477. The molecule has 2 aromatic heterocycles. The Bertz CT molecular complexity index is 1200. The third-order valence-corrected chi connectivity index (χ3v) is 5.01. The van der Waals surface area contributed by atoms with Gasteiger partial charge in [-0.2, -0.15) is 0 Å². The molecule has 0 spiro atoms. The maximum absolute atomic E-state index is 12.5. The summed E-state index contributed by atoms with van der Waals surface area (Å²) >= 11 is 1.21. The van der Waals surface area contributed by atoms with Crippen molar-refractivity contribution in [2.75, 3.05) is 12.4 Å². The van der Waals surface area contributed by atoms with Crippen molar-refractivity contribution in [1.29, 1.82) is 0 Å². The lowest BCUT2D eigenvalue weighted by Gasteiger charge is -2.00. The number of nitrogens with zero attached hydrogens (tertiary/aromatic N) is 3. The Balaban J connectivity index is 1.54. The highest BCUT2D eigenvalue weighted by Crippen LogP contribution is 2.30. The molecule has 0 atom stereocenters. The zero-order chi connectivity index (χ0) is 19.7. The fourth-order valence-electron chi connectivity index (χ4n) is 2.56. The predicted molar refractivity (Wildman–Crippen MR) is 103 cm³/mol. The molecule has 0 saturated heterocycles. The number of hydrogen-bond donors (Lipinski definition) is 1. The molecule has 9 nitrogen and oxygen atoms in total. The van der Waals surface area contributed by atoms with Crippen molar-refractivity contribution in [2.45, 2.75) is 0 Å². The number of ether oxygens (including phenoxy) is 1. The molecule has 0 saturated carbocycles. The van der Waals surface area contributed by atoms with E-state index < -0.39 is 10.8 Å². The molecule has 0 radical (unpaired) electrons. The second-order valence-corrected chi connectivity index (χ2v) is 6.77. The van der Waals surface area contributed by atoms with E-state index >= 15 is 0 Å². The largest absolute Gasteiger partial charge is 0.497 e. The number of benzene rings is 2. The Morgan fingerprint density at radius 3 is 2.86 bits per heavy atom. The quantitative estimate of drug-likeness (QED) is 0.398. The van der Waals surface area contributed by atoms with Crippen molar-refractivity contribution in [2.24, 2.45) is 0 Å². The molecular weight excluding hydrogens is 384 g/mol. The van der Waals surface area contributed by atoms with E-state index in [1.165, 1.54) is 23.5 Å². The minimum Gasteiger partial charge on any atom is -0.497 e. The Morgan fingerprint density at radius 1 is 1.21 bits per heavy atom. The van der Waals surface area contributed by atoms with Gasteiger partial charge in [-0.1, -0.05) is 11.2 Å². The number of carbonyl (C=O) groups is 1. The van der Waals surface area contributed by atoms with Gasteiger partial charge in [-0.3, -0.25) is 20.2 Å². The maximum Gasteiger partial charge on any atom is 0.322 e. The Kier molecular flexibility index (Phi) is 4.45. The molecule has 28 heavy (non-hydrogen) atoms. The molecule has 0 bridgehead atoms. The smallest absolute Gasteiger partial charge is 0.322 e. The lowest BCUT2D eigenvalue weighted by molar-refractivity contribution is -0.384. The molecule has 0 fully saturated rings. The minimum absolute atomic E-state index is 0.0305. The van der Waals surface area contributed by atoms with Crippen LogP contribution in [0.2, 0.25) is 0 Å². The zero-order valence-corrected chi connectivity index (χ0v) is 15.2. The van der Waals surface area contributed by atoms with Crippen LogP contribution in [0.15, 0.2) is 52.9 Å². The van der Waals surface area contributed by atoms with Gasteiger partial charge in [0.05, 0.1) is 16.9 Å². The normalized spacial score (nSPS) is 10.8. The van der Waals surface area contributed by atoms with Crippen molar-refractivity contribution >= 4 is 39.0 Å². The Labute approximate surface area is 161 Å². The van der Waals surface area contributed by atoms with Gasteiger partial charge in [0, 0.05) is 27.8 Å². The molecule has 4 aromatic rings. The summed E-state index contributed by atoms with van der Waals surface area (Å²) in [4.78, 5) is 23.2. The number of rotatable bonds is 5. The number of aromatic nitrogens is 2. The average Bonchev–Trinajstić information content (AvgIpc) is 3.34. The van der Waals surface area contributed by atoms with E-state index in [-0.39, 0.29) is 17.6 Å². The molecule has 140 valence electrons. The van der Waals surface area contributed by atoms with E-state index in [1.807, 2.05) is 0 Å². The standard InChI is InChI=1S/C18H12N4O5S/c1-26-13-4-2-3-10(8-13)17-20-21-18(27-17)19-16(23)15-9-11-7-12(22(24)25)5-6-14(11)28-15/h2-9H,1H3,(H,19,21,23). The van der Waals surface area contributed by atoms with E-state index in [1.54, 1.807) is 43.5 Å². The third kappa shape index (κ3) is 3.40. The lowest BCUT2D eigenvalue weighted by Crippen LogP contribution is -2.10. The monoisotopic (exact) mass is 396 g/mol. The summed E-state index contributed by atoms with van der Waals surface area (Å²) in [6, 6.07) is 13.1. The molecule has 0 unspecified atom stereocenters. The first-order valence-corrected chi connectivity index (χ1v) is 8.82. The Morgan fingerprint density at radius 2 is 2.07 bits per heavy atom. The molecule has 0 aliphatic heterocycles. The van der Waals surface area contributed by atoms with Gasteiger partial charge in [-0.05, 0) is 30.3 Å². The van der Waals surface area contributed by atoms with Gasteiger partial charge in [-0.15, -0.1) is 16.4 Å². The molecule has 2 heterocycles. The second-order valence-electron chi connectivity index (χ2n) is 5.69. The van der Waals surface area contributed by atoms with Crippen LogP contribution < -0.4 is 10.1 Å². The number of fused-ring (bicyclic) bond motifs is 1. The summed E-state index contributed by atoms with van der Waals surface area (Å²) in [5.74, 6) is 0.437. The maximum atomic E-state index is 12.5. The highest BCUT2D eigenvalue weighted by molar-refractivity contribution is 7.20. The first-order valence-electron chi connectivity index (χ1n) is 8.01. The van der Waals surface area contributed by atoms with E-state index in [0.29, 0.717) is 21.6 Å². The van der Waals surface area contributed by atoms with Gasteiger partial charge in [0.1, 0.15) is 5.75 Å². The van der Waals surface area contributed by atoms with Crippen LogP contribution in [-0.2, 0) is 0 Å². The summed E-state index contributed by atoms with van der Waals surface area (Å²) < 4.78 is 11.4. The number of nitro benzene ring substituents is 1. The molecule has 10 heteroatoms. The van der Waals surface area contributed by atoms with Crippen molar-refractivity contribution in [3.8, 4) is 17.2 Å². The van der Waals surface area contributed by atoms with E-state index in [0.717, 1.165) is 4.70 Å². The number of nitro groups is 1. The van der Waals surface area contributed by atoms with Gasteiger partial charge in [0.15, 0.2) is 0 Å². The average molecular weight is 396 g/mol. The van der Waals surface area contributed by atoms with Crippen LogP contribution in [0, 0.1) is 10.1 Å². The topological polar surface area (TPSA) is 120 Å². The molecular formula is C18H12N4O5S. The first-order chi connectivity index (χ1) is 13.5. The highest BCUT2D eigenvalue weighted by Gasteiger charge is 2.16. The number of thiophene rings is 1. The van der Waals surface area contributed by atoms with Gasteiger partial charge < -0.3 is 9.15 Å². The summed E-state index contributed by atoms with van der Waals surface area (Å²) in [5.41, 5.74) is 0.624. The SMILES string of the molecule is COc1cccc(-c2nnc(NC(=O)c3cc4cc([N+](=O)[O-])ccc4s3)o2)c1. The molecule has 2 aromatic carbocycles. The van der Waals surface area contributed by atoms with E-state index in [9.17, 15) is 14.9 Å². The molecule has 1 N–H and O–H groups in total. The van der Waals surface area contributed by atoms with Crippen molar-refractivity contribution in [3.63, 3.8) is 0 Å². The van der Waals surface area contributed by atoms with Gasteiger partial charge >= 0.3 is 6.01 Å². The lowest BCUT2D eigenvalue weighted by atomic mass is 10.2. The number of hydrogen-bond acceptors (Lipinski definition) is 8. The molecule has 0 aliphatic rings. The van der Waals surface area contributed by atoms with E-state index in [4.69, 9.17) is 9.15 Å². The van der Waals surface area contributed by atoms with Gasteiger partial charge in [0.25, 0.3) is 11.6 Å². The van der Waals surface area contributed by atoms with Crippen molar-refractivity contribution < 1.29 is 18.9 Å². The second kappa shape index (κ2) is 7.08. The number of nitrogens with one attached hydrogen (secondary N) is 1. The van der Waals surface area contributed by atoms with E-state index in [2.05, 4.69) is 15.5 Å². The van der Waals surface area contributed by atoms with Crippen LogP contribution in [0.3, 0.4) is 0 Å². The van der Waals surface area contributed by atoms with Gasteiger partial charge in [0.2, 0.25) is 5.89 Å². The fourth-order valence-corrected chi connectivity index (χ4v) is 3.50. The van der Waals surface area contributed by atoms with Gasteiger partial charge in [-0.25, -0.2) is 0 Å². The molecule has 1 amide bonds. The van der Waals surface area contributed by atoms with Crippen LogP contribution in [0.5, 0.6) is 5.75 Å². The van der Waals surface area contributed by atoms with Crippen LogP contribution in [0.1, 0.15) is 9.67 Å².